The fraction of sp³-hybridized carbons (Fsp3) is 0.667. The highest BCUT2D eigenvalue weighted by molar-refractivity contribution is 5.93. The summed E-state index contributed by atoms with van der Waals surface area (Å²) in [5, 5.41) is 4.21. The molecule has 2 amide bonds. The van der Waals surface area contributed by atoms with Crippen LogP contribution in [0.15, 0.2) is 6.07 Å². The number of rotatable bonds is 4. The van der Waals surface area contributed by atoms with E-state index in [0.717, 1.165) is 18.5 Å². The smallest absolute Gasteiger partial charge is 0.272 e. The van der Waals surface area contributed by atoms with Crippen molar-refractivity contribution in [3.8, 4) is 0 Å². The SMILES string of the molecule is CCCC1(C(N)=O)CCN(C(=O)c2cc(C)nn2C)CC1. The van der Waals surface area contributed by atoms with Gasteiger partial charge in [0.25, 0.3) is 5.91 Å². The van der Waals surface area contributed by atoms with Crippen molar-refractivity contribution in [2.75, 3.05) is 13.1 Å². The molecule has 1 aromatic heterocycles. The molecular formula is C15H24N4O2. The van der Waals surface area contributed by atoms with Gasteiger partial charge in [-0.1, -0.05) is 13.3 Å². The van der Waals surface area contributed by atoms with E-state index in [1.165, 1.54) is 0 Å². The summed E-state index contributed by atoms with van der Waals surface area (Å²) < 4.78 is 1.61. The minimum Gasteiger partial charge on any atom is -0.369 e. The Morgan fingerprint density at radius 3 is 2.43 bits per heavy atom. The molecule has 0 aromatic carbocycles. The average Bonchev–Trinajstić information content (AvgIpc) is 2.78. The van der Waals surface area contributed by atoms with Crippen LogP contribution in [-0.2, 0) is 11.8 Å². The zero-order valence-corrected chi connectivity index (χ0v) is 13.1. The van der Waals surface area contributed by atoms with Crippen LogP contribution in [0.2, 0.25) is 0 Å². The number of hydrogen-bond donors (Lipinski definition) is 1. The van der Waals surface area contributed by atoms with E-state index in [9.17, 15) is 9.59 Å². The van der Waals surface area contributed by atoms with Crippen LogP contribution in [0.1, 0.15) is 48.8 Å². The van der Waals surface area contributed by atoms with Crippen molar-refractivity contribution < 1.29 is 9.59 Å². The van der Waals surface area contributed by atoms with E-state index in [1.54, 1.807) is 22.7 Å². The third-order valence-electron chi connectivity index (χ3n) is 4.48. The molecule has 0 saturated carbocycles. The van der Waals surface area contributed by atoms with Gasteiger partial charge in [-0.05, 0) is 32.3 Å². The lowest BCUT2D eigenvalue weighted by Crippen LogP contribution is -2.49. The average molecular weight is 292 g/mol. The van der Waals surface area contributed by atoms with Gasteiger partial charge in [0.1, 0.15) is 5.69 Å². The van der Waals surface area contributed by atoms with Gasteiger partial charge in [-0.15, -0.1) is 0 Å². The summed E-state index contributed by atoms with van der Waals surface area (Å²) in [6.45, 7) is 5.07. The highest BCUT2D eigenvalue weighted by atomic mass is 16.2. The van der Waals surface area contributed by atoms with Crippen molar-refractivity contribution in [3.05, 3.63) is 17.5 Å². The predicted molar refractivity (Wildman–Crippen MR) is 79.6 cm³/mol. The zero-order chi connectivity index (χ0) is 15.6. The summed E-state index contributed by atoms with van der Waals surface area (Å²) in [5.41, 5.74) is 6.58. The van der Waals surface area contributed by atoms with Gasteiger partial charge in [0.2, 0.25) is 5.91 Å². The molecule has 0 spiro atoms. The maximum Gasteiger partial charge on any atom is 0.272 e. The third kappa shape index (κ3) is 2.94. The number of likely N-dealkylation sites (tertiary alicyclic amines) is 1. The summed E-state index contributed by atoms with van der Waals surface area (Å²) in [7, 11) is 1.77. The van der Waals surface area contributed by atoms with E-state index in [2.05, 4.69) is 12.0 Å². The van der Waals surface area contributed by atoms with Gasteiger partial charge in [-0.3, -0.25) is 14.3 Å². The minimum absolute atomic E-state index is 0.0207. The molecule has 1 aliphatic rings. The highest BCUT2D eigenvalue weighted by Crippen LogP contribution is 2.36. The van der Waals surface area contributed by atoms with Crippen molar-refractivity contribution in [2.24, 2.45) is 18.2 Å². The molecule has 0 bridgehead atoms. The predicted octanol–water partition coefficient (Wildman–Crippen LogP) is 1.24. The number of aryl methyl sites for hydroxylation is 2. The molecule has 1 saturated heterocycles. The van der Waals surface area contributed by atoms with Gasteiger partial charge >= 0.3 is 0 Å². The molecule has 0 atom stereocenters. The first-order valence-corrected chi connectivity index (χ1v) is 7.49. The number of piperidine rings is 1. The maximum absolute atomic E-state index is 12.5. The Hall–Kier alpha value is -1.85. The first-order valence-electron chi connectivity index (χ1n) is 7.49. The van der Waals surface area contributed by atoms with Gasteiger partial charge in [0.15, 0.2) is 0 Å². The Morgan fingerprint density at radius 2 is 2.00 bits per heavy atom. The number of nitrogens with zero attached hydrogens (tertiary/aromatic N) is 3. The summed E-state index contributed by atoms with van der Waals surface area (Å²) >= 11 is 0. The molecule has 2 N–H and O–H groups in total. The van der Waals surface area contributed by atoms with Crippen molar-refractivity contribution in [1.29, 1.82) is 0 Å². The van der Waals surface area contributed by atoms with Gasteiger partial charge in [0, 0.05) is 20.1 Å². The lowest BCUT2D eigenvalue weighted by atomic mass is 9.74. The molecular weight excluding hydrogens is 268 g/mol. The largest absolute Gasteiger partial charge is 0.369 e. The molecule has 1 aliphatic heterocycles. The minimum atomic E-state index is -0.437. The number of carbonyl (C=O) groups is 2. The summed E-state index contributed by atoms with van der Waals surface area (Å²) in [4.78, 5) is 26.1. The number of hydrogen-bond acceptors (Lipinski definition) is 3. The molecule has 1 aromatic rings. The number of primary amides is 1. The lowest BCUT2D eigenvalue weighted by molar-refractivity contribution is -0.130. The van der Waals surface area contributed by atoms with E-state index in [0.29, 0.717) is 31.6 Å². The third-order valence-corrected chi connectivity index (χ3v) is 4.48. The molecule has 6 heteroatoms. The Bertz CT molecular complexity index is 542. The van der Waals surface area contributed by atoms with Gasteiger partial charge in [-0.25, -0.2) is 0 Å². The van der Waals surface area contributed by atoms with E-state index in [1.807, 2.05) is 6.92 Å². The van der Waals surface area contributed by atoms with E-state index in [4.69, 9.17) is 5.73 Å². The molecule has 0 unspecified atom stereocenters. The van der Waals surface area contributed by atoms with Crippen molar-refractivity contribution in [3.63, 3.8) is 0 Å². The molecule has 0 radical (unpaired) electrons. The van der Waals surface area contributed by atoms with Crippen LogP contribution in [0.3, 0.4) is 0 Å². The van der Waals surface area contributed by atoms with Gasteiger partial charge in [-0.2, -0.15) is 5.10 Å². The highest BCUT2D eigenvalue weighted by Gasteiger charge is 2.40. The standard InChI is InChI=1S/C15H24N4O2/c1-4-5-15(14(16)21)6-8-19(9-7-15)13(20)12-10-11(2)17-18(12)3/h10H,4-9H2,1-3H3,(H2,16,21). The fourth-order valence-corrected chi connectivity index (χ4v) is 3.21. The Labute approximate surface area is 125 Å². The monoisotopic (exact) mass is 292 g/mol. The Morgan fingerprint density at radius 1 is 1.38 bits per heavy atom. The van der Waals surface area contributed by atoms with E-state index >= 15 is 0 Å². The van der Waals surface area contributed by atoms with Crippen molar-refractivity contribution >= 4 is 11.8 Å². The second-order valence-electron chi connectivity index (χ2n) is 5.98. The molecule has 1 fully saturated rings. The van der Waals surface area contributed by atoms with Crippen LogP contribution in [0.25, 0.3) is 0 Å². The van der Waals surface area contributed by atoms with Crippen LogP contribution in [0.5, 0.6) is 0 Å². The Balaban J connectivity index is 2.08. The number of amides is 2. The second kappa shape index (κ2) is 5.87. The maximum atomic E-state index is 12.5. The van der Waals surface area contributed by atoms with Crippen molar-refractivity contribution in [1.82, 2.24) is 14.7 Å². The molecule has 0 aliphatic carbocycles. The van der Waals surface area contributed by atoms with E-state index < -0.39 is 5.41 Å². The van der Waals surface area contributed by atoms with Gasteiger partial charge < -0.3 is 10.6 Å². The zero-order valence-electron chi connectivity index (χ0n) is 13.1. The van der Waals surface area contributed by atoms with Crippen LogP contribution in [-0.4, -0.2) is 39.6 Å². The fourth-order valence-electron chi connectivity index (χ4n) is 3.21. The summed E-state index contributed by atoms with van der Waals surface area (Å²) in [6.07, 6.45) is 3.03. The van der Waals surface area contributed by atoms with Gasteiger partial charge in [0.05, 0.1) is 11.1 Å². The van der Waals surface area contributed by atoms with Crippen molar-refractivity contribution in [2.45, 2.75) is 39.5 Å². The molecule has 2 rings (SSSR count). The lowest BCUT2D eigenvalue weighted by Gasteiger charge is -2.39. The molecule has 21 heavy (non-hydrogen) atoms. The first kappa shape index (κ1) is 15.5. The van der Waals surface area contributed by atoms with Crippen LogP contribution < -0.4 is 5.73 Å². The van der Waals surface area contributed by atoms with E-state index in [-0.39, 0.29) is 11.8 Å². The Kier molecular flexibility index (Phi) is 4.34. The van der Waals surface area contributed by atoms with Crippen LogP contribution in [0.4, 0.5) is 0 Å². The number of carbonyl (C=O) groups excluding carboxylic acids is 2. The summed E-state index contributed by atoms with van der Waals surface area (Å²) in [5.74, 6) is -0.250. The van der Waals surface area contributed by atoms with Crippen LogP contribution >= 0.6 is 0 Å². The molecule has 2 heterocycles. The molecule has 116 valence electrons. The number of aromatic nitrogens is 2. The number of nitrogens with two attached hydrogens (primary N) is 1. The first-order chi connectivity index (χ1) is 9.89. The quantitative estimate of drug-likeness (QED) is 0.906. The topological polar surface area (TPSA) is 81.2 Å². The second-order valence-corrected chi connectivity index (χ2v) is 5.98. The normalized spacial score (nSPS) is 17.8. The summed E-state index contributed by atoms with van der Waals surface area (Å²) in [6, 6.07) is 1.80. The van der Waals surface area contributed by atoms with Crippen LogP contribution in [0, 0.1) is 12.3 Å². The molecule has 6 nitrogen and oxygen atoms in total.